The number of hydrogen-bond donors (Lipinski definition) is 0. The second kappa shape index (κ2) is 5.50. The van der Waals surface area contributed by atoms with E-state index in [0.29, 0.717) is 23.8 Å². The van der Waals surface area contributed by atoms with Crippen LogP contribution in [0.5, 0.6) is 5.75 Å². The Morgan fingerprint density at radius 1 is 1.41 bits per heavy atom. The third-order valence-corrected chi connectivity index (χ3v) is 3.44. The van der Waals surface area contributed by atoms with Crippen molar-refractivity contribution in [2.45, 2.75) is 32.3 Å². The molecular weight excluding hydrogens is 219 g/mol. The molecule has 0 heterocycles. The Kier molecular flexibility index (Phi) is 4.00. The summed E-state index contributed by atoms with van der Waals surface area (Å²) < 4.78 is 24.7. The zero-order chi connectivity index (χ0) is 12.3. The van der Waals surface area contributed by atoms with Gasteiger partial charge in [-0.15, -0.1) is 0 Å². The van der Waals surface area contributed by atoms with Crippen molar-refractivity contribution in [3.05, 3.63) is 29.6 Å². The van der Waals surface area contributed by atoms with Crippen molar-refractivity contribution in [3.63, 3.8) is 0 Å². The first-order valence-corrected chi connectivity index (χ1v) is 6.21. The van der Waals surface area contributed by atoms with Gasteiger partial charge in [-0.25, -0.2) is 4.39 Å². The largest absolute Gasteiger partial charge is 0.497 e. The van der Waals surface area contributed by atoms with Gasteiger partial charge in [0.05, 0.1) is 13.2 Å². The van der Waals surface area contributed by atoms with Crippen LogP contribution in [-0.4, -0.2) is 13.7 Å². The minimum Gasteiger partial charge on any atom is -0.497 e. The fraction of sp³-hybridized carbons (Fsp3) is 0.571. The molecule has 2 rings (SSSR count). The third kappa shape index (κ3) is 2.60. The zero-order valence-electron chi connectivity index (χ0n) is 10.4. The van der Waals surface area contributed by atoms with Crippen LogP contribution in [0.25, 0.3) is 0 Å². The highest BCUT2D eigenvalue weighted by atomic mass is 19.1. The van der Waals surface area contributed by atoms with Gasteiger partial charge in [-0.2, -0.15) is 0 Å². The molecule has 1 saturated carbocycles. The molecule has 0 radical (unpaired) electrons. The van der Waals surface area contributed by atoms with E-state index in [1.165, 1.54) is 12.5 Å². The molecule has 0 amide bonds. The second-order valence-corrected chi connectivity index (χ2v) is 4.45. The molecule has 2 nitrogen and oxygen atoms in total. The summed E-state index contributed by atoms with van der Waals surface area (Å²) in [5.74, 6) is 0.794. The highest BCUT2D eigenvalue weighted by Gasteiger charge is 2.30. The number of rotatable bonds is 5. The van der Waals surface area contributed by atoms with E-state index < -0.39 is 0 Å². The van der Waals surface area contributed by atoms with Crippen molar-refractivity contribution in [1.82, 2.24) is 0 Å². The van der Waals surface area contributed by atoms with E-state index in [0.717, 1.165) is 12.8 Å². The first-order valence-electron chi connectivity index (χ1n) is 6.21. The van der Waals surface area contributed by atoms with Crippen LogP contribution in [-0.2, 0) is 4.74 Å². The summed E-state index contributed by atoms with van der Waals surface area (Å²) in [4.78, 5) is 0. The van der Waals surface area contributed by atoms with Gasteiger partial charge in [-0.05, 0) is 37.8 Å². The molecule has 1 aliphatic carbocycles. The molecule has 94 valence electrons. The first kappa shape index (κ1) is 12.4. The molecule has 1 fully saturated rings. The van der Waals surface area contributed by atoms with Crippen molar-refractivity contribution in [3.8, 4) is 5.75 Å². The Labute approximate surface area is 102 Å². The van der Waals surface area contributed by atoms with E-state index in [4.69, 9.17) is 9.47 Å². The highest BCUT2D eigenvalue weighted by molar-refractivity contribution is 5.30. The molecule has 1 aromatic carbocycles. The maximum Gasteiger partial charge on any atom is 0.132 e. The molecule has 0 aliphatic heterocycles. The smallest absolute Gasteiger partial charge is 0.132 e. The lowest BCUT2D eigenvalue weighted by atomic mass is 9.78. The van der Waals surface area contributed by atoms with Gasteiger partial charge in [-0.3, -0.25) is 0 Å². The minimum absolute atomic E-state index is 0.0975. The monoisotopic (exact) mass is 238 g/mol. The Balaban J connectivity index is 2.22. The van der Waals surface area contributed by atoms with Gasteiger partial charge in [0.25, 0.3) is 0 Å². The van der Waals surface area contributed by atoms with E-state index in [-0.39, 0.29) is 11.9 Å². The third-order valence-electron chi connectivity index (χ3n) is 3.44. The van der Waals surface area contributed by atoms with Crippen molar-refractivity contribution in [2.75, 3.05) is 13.7 Å². The summed E-state index contributed by atoms with van der Waals surface area (Å²) in [6.07, 6.45) is 3.40. The van der Waals surface area contributed by atoms with Gasteiger partial charge in [0, 0.05) is 18.2 Å². The van der Waals surface area contributed by atoms with Gasteiger partial charge in [0.15, 0.2) is 0 Å². The van der Waals surface area contributed by atoms with E-state index in [2.05, 4.69) is 0 Å². The molecule has 0 aromatic heterocycles. The van der Waals surface area contributed by atoms with Crippen LogP contribution in [0.2, 0.25) is 0 Å². The van der Waals surface area contributed by atoms with Gasteiger partial charge in [0.2, 0.25) is 0 Å². The molecule has 1 aliphatic rings. The van der Waals surface area contributed by atoms with Gasteiger partial charge in [-0.1, -0.05) is 6.42 Å². The second-order valence-electron chi connectivity index (χ2n) is 4.45. The quantitative estimate of drug-likeness (QED) is 0.778. The average Bonchev–Trinajstić information content (AvgIpc) is 2.26. The van der Waals surface area contributed by atoms with Gasteiger partial charge in [0.1, 0.15) is 11.6 Å². The standard InChI is InChI=1S/C14H19FO2/c1-3-17-14(10-5-4-6-10)12-8-7-11(16-2)9-13(12)15/h7-10,14H,3-6H2,1-2H3. The Morgan fingerprint density at radius 2 is 2.18 bits per heavy atom. The number of halogens is 1. The van der Waals surface area contributed by atoms with Crippen molar-refractivity contribution >= 4 is 0 Å². The Morgan fingerprint density at radius 3 is 2.65 bits per heavy atom. The normalized spacial score (nSPS) is 17.6. The zero-order valence-corrected chi connectivity index (χ0v) is 10.4. The molecule has 1 atom stereocenters. The van der Waals surface area contributed by atoms with Crippen LogP contribution < -0.4 is 4.74 Å². The van der Waals surface area contributed by atoms with Gasteiger partial charge < -0.3 is 9.47 Å². The summed E-state index contributed by atoms with van der Waals surface area (Å²) in [6.45, 7) is 2.57. The van der Waals surface area contributed by atoms with E-state index >= 15 is 0 Å². The molecule has 3 heteroatoms. The number of methoxy groups -OCH3 is 1. The maximum absolute atomic E-state index is 14.0. The van der Waals surface area contributed by atoms with Crippen LogP contribution in [0.4, 0.5) is 4.39 Å². The number of hydrogen-bond acceptors (Lipinski definition) is 2. The minimum atomic E-state index is -0.227. The molecule has 0 saturated heterocycles. The van der Waals surface area contributed by atoms with Gasteiger partial charge >= 0.3 is 0 Å². The van der Waals surface area contributed by atoms with Crippen molar-refractivity contribution in [1.29, 1.82) is 0 Å². The summed E-state index contributed by atoms with van der Waals surface area (Å²) in [6, 6.07) is 5.01. The van der Waals surface area contributed by atoms with Crippen LogP contribution in [0.1, 0.15) is 37.9 Å². The van der Waals surface area contributed by atoms with E-state index in [1.807, 2.05) is 6.92 Å². The molecule has 0 N–H and O–H groups in total. The van der Waals surface area contributed by atoms with Crippen LogP contribution >= 0.6 is 0 Å². The molecule has 17 heavy (non-hydrogen) atoms. The molecular formula is C14H19FO2. The van der Waals surface area contributed by atoms with Crippen molar-refractivity contribution < 1.29 is 13.9 Å². The predicted octanol–water partition coefficient (Wildman–Crippen LogP) is 3.71. The maximum atomic E-state index is 14.0. The van der Waals surface area contributed by atoms with Crippen molar-refractivity contribution in [2.24, 2.45) is 5.92 Å². The highest BCUT2D eigenvalue weighted by Crippen LogP contribution is 2.41. The topological polar surface area (TPSA) is 18.5 Å². The molecule has 1 unspecified atom stereocenters. The number of benzene rings is 1. The number of ether oxygens (including phenoxy) is 2. The molecule has 0 bridgehead atoms. The fourth-order valence-electron chi connectivity index (χ4n) is 2.27. The Bertz CT molecular complexity index is 374. The first-order chi connectivity index (χ1) is 8.26. The SMILES string of the molecule is CCOC(c1ccc(OC)cc1F)C1CCC1. The lowest BCUT2D eigenvalue weighted by Crippen LogP contribution is -2.23. The average molecular weight is 238 g/mol. The molecule has 1 aromatic rings. The van der Waals surface area contributed by atoms with Crippen LogP contribution in [0, 0.1) is 11.7 Å². The Hall–Kier alpha value is -1.09. The summed E-state index contributed by atoms with van der Waals surface area (Å²) in [7, 11) is 1.54. The summed E-state index contributed by atoms with van der Waals surface area (Å²) in [5.41, 5.74) is 0.664. The predicted molar refractivity (Wildman–Crippen MR) is 64.7 cm³/mol. The van der Waals surface area contributed by atoms with Crippen LogP contribution in [0.3, 0.4) is 0 Å². The lowest BCUT2D eigenvalue weighted by molar-refractivity contribution is -0.0114. The van der Waals surface area contributed by atoms with E-state index in [1.54, 1.807) is 19.2 Å². The lowest BCUT2D eigenvalue weighted by Gasteiger charge is -2.34. The molecule has 0 spiro atoms. The van der Waals surface area contributed by atoms with Crippen LogP contribution in [0.15, 0.2) is 18.2 Å². The summed E-state index contributed by atoms with van der Waals surface area (Å²) in [5, 5.41) is 0. The van der Waals surface area contributed by atoms with E-state index in [9.17, 15) is 4.39 Å². The fourth-order valence-corrected chi connectivity index (χ4v) is 2.27. The summed E-state index contributed by atoms with van der Waals surface area (Å²) >= 11 is 0.